The maximum Gasteiger partial charge on any atom is 0.338 e. The van der Waals surface area contributed by atoms with Crippen molar-refractivity contribution >= 4 is 23.5 Å². The summed E-state index contributed by atoms with van der Waals surface area (Å²) in [6.07, 6.45) is 0. The van der Waals surface area contributed by atoms with E-state index in [-0.39, 0.29) is 12.5 Å². The molecule has 0 saturated carbocycles. The third-order valence-electron chi connectivity index (χ3n) is 3.97. The van der Waals surface area contributed by atoms with Crippen molar-refractivity contribution < 1.29 is 23.9 Å². The Kier molecular flexibility index (Phi) is 7.71. The van der Waals surface area contributed by atoms with Gasteiger partial charge in [-0.2, -0.15) is 0 Å². The Morgan fingerprint density at radius 2 is 1.64 bits per heavy atom. The molecule has 0 aliphatic heterocycles. The van der Waals surface area contributed by atoms with Crippen LogP contribution in [0.25, 0.3) is 0 Å². The number of aryl methyl sites for hydroxylation is 1. The summed E-state index contributed by atoms with van der Waals surface area (Å²) in [4.78, 5) is 37.4. The average molecular weight is 384 g/mol. The molecule has 0 aliphatic carbocycles. The van der Waals surface area contributed by atoms with E-state index in [1.54, 1.807) is 43.5 Å². The summed E-state index contributed by atoms with van der Waals surface area (Å²) in [5.74, 6) is -1.40. The highest BCUT2D eigenvalue weighted by molar-refractivity contribution is 5.95. The van der Waals surface area contributed by atoms with Gasteiger partial charge in [0, 0.05) is 19.8 Å². The van der Waals surface area contributed by atoms with E-state index in [4.69, 9.17) is 9.47 Å². The van der Waals surface area contributed by atoms with Crippen LogP contribution in [-0.2, 0) is 25.7 Å². The van der Waals surface area contributed by atoms with Gasteiger partial charge in [-0.15, -0.1) is 0 Å². The van der Waals surface area contributed by atoms with Gasteiger partial charge in [0.25, 0.3) is 5.91 Å². The third kappa shape index (κ3) is 6.51. The third-order valence-corrected chi connectivity index (χ3v) is 3.97. The Labute approximate surface area is 164 Å². The summed E-state index contributed by atoms with van der Waals surface area (Å²) in [6, 6.07) is 14.1. The first-order valence-corrected chi connectivity index (χ1v) is 8.74. The van der Waals surface area contributed by atoms with Gasteiger partial charge in [-0.3, -0.25) is 9.59 Å². The number of nitrogens with one attached hydrogen (secondary N) is 1. The molecule has 0 spiro atoms. The normalized spacial score (nSPS) is 10.2. The quantitative estimate of drug-likeness (QED) is 0.707. The van der Waals surface area contributed by atoms with Gasteiger partial charge in [-0.25, -0.2) is 4.79 Å². The maximum absolute atomic E-state index is 12.1. The largest absolute Gasteiger partial charge is 0.452 e. The number of methoxy groups -OCH3 is 1. The van der Waals surface area contributed by atoms with Gasteiger partial charge in [-0.1, -0.05) is 29.8 Å². The maximum atomic E-state index is 12.1. The fourth-order valence-electron chi connectivity index (χ4n) is 2.37. The molecule has 2 aromatic carbocycles. The fraction of sp³-hybridized carbons (Fsp3) is 0.286. The molecular weight excluding hydrogens is 360 g/mol. The first kappa shape index (κ1) is 21.1. The number of anilines is 1. The predicted molar refractivity (Wildman–Crippen MR) is 105 cm³/mol. The standard InChI is InChI=1S/C21H24N2O5/c1-15-4-10-18(11-5-15)22-19(24)12-23(2)20(25)14-28-21(26)17-8-6-16(7-9-17)13-27-3/h4-11H,12-14H2,1-3H3,(H,22,24). The van der Waals surface area contributed by atoms with E-state index in [2.05, 4.69) is 5.32 Å². The second kappa shape index (κ2) is 10.2. The number of benzene rings is 2. The van der Waals surface area contributed by atoms with Crippen LogP contribution in [-0.4, -0.2) is 50.0 Å². The van der Waals surface area contributed by atoms with E-state index in [1.807, 2.05) is 19.1 Å². The first-order valence-electron chi connectivity index (χ1n) is 8.74. The van der Waals surface area contributed by atoms with Gasteiger partial charge in [0.1, 0.15) is 0 Å². The number of carbonyl (C=O) groups excluding carboxylic acids is 3. The van der Waals surface area contributed by atoms with Crippen LogP contribution in [0.3, 0.4) is 0 Å². The zero-order chi connectivity index (χ0) is 20.5. The lowest BCUT2D eigenvalue weighted by molar-refractivity contribution is -0.136. The van der Waals surface area contributed by atoms with Gasteiger partial charge in [0.2, 0.25) is 5.91 Å². The lowest BCUT2D eigenvalue weighted by atomic mass is 10.1. The molecule has 148 valence electrons. The van der Waals surface area contributed by atoms with Crippen LogP contribution in [0.5, 0.6) is 0 Å². The topological polar surface area (TPSA) is 84.9 Å². The van der Waals surface area contributed by atoms with E-state index < -0.39 is 18.5 Å². The van der Waals surface area contributed by atoms with Crippen LogP contribution >= 0.6 is 0 Å². The highest BCUT2D eigenvalue weighted by Crippen LogP contribution is 2.09. The molecule has 0 aliphatic rings. The number of ether oxygens (including phenoxy) is 2. The van der Waals surface area contributed by atoms with E-state index in [1.165, 1.54) is 11.9 Å². The molecule has 0 atom stereocenters. The summed E-state index contributed by atoms with van der Waals surface area (Å²) in [5, 5.41) is 2.71. The van der Waals surface area contributed by atoms with Gasteiger partial charge >= 0.3 is 5.97 Å². The van der Waals surface area contributed by atoms with E-state index in [0.717, 1.165) is 11.1 Å². The Bertz CT molecular complexity index is 816. The number of esters is 1. The number of likely N-dealkylation sites (N-methyl/N-ethyl adjacent to an activating group) is 1. The number of nitrogens with zero attached hydrogens (tertiary/aromatic N) is 1. The highest BCUT2D eigenvalue weighted by atomic mass is 16.5. The van der Waals surface area contributed by atoms with Crippen LogP contribution in [0.2, 0.25) is 0 Å². The Balaban J connectivity index is 1.78. The number of amides is 2. The molecule has 2 amide bonds. The minimum Gasteiger partial charge on any atom is -0.452 e. The molecule has 7 heteroatoms. The number of hydrogen-bond acceptors (Lipinski definition) is 5. The van der Waals surface area contributed by atoms with Crippen LogP contribution in [0.4, 0.5) is 5.69 Å². The highest BCUT2D eigenvalue weighted by Gasteiger charge is 2.16. The SMILES string of the molecule is COCc1ccc(C(=O)OCC(=O)N(C)CC(=O)Nc2ccc(C)cc2)cc1. The Morgan fingerprint density at radius 1 is 1.00 bits per heavy atom. The summed E-state index contributed by atoms with van der Waals surface area (Å²) < 4.78 is 10.0. The molecule has 28 heavy (non-hydrogen) atoms. The average Bonchev–Trinajstić information content (AvgIpc) is 2.68. The zero-order valence-corrected chi connectivity index (χ0v) is 16.2. The van der Waals surface area contributed by atoms with Crippen molar-refractivity contribution in [2.45, 2.75) is 13.5 Å². The molecule has 7 nitrogen and oxygen atoms in total. The second-order valence-electron chi connectivity index (χ2n) is 6.37. The van der Waals surface area contributed by atoms with Crippen LogP contribution in [0.1, 0.15) is 21.5 Å². The fourth-order valence-corrected chi connectivity index (χ4v) is 2.37. The van der Waals surface area contributed by atoms with E-state index in [0.29, 0.717) is 17.9 Å². The molecule has 2 aromatic rings. The molecule has 0 bridgehead atoms. The molecule has 0 unspecified atom stereocenters. The van der Waals surface area contributed by atoms with Crippen molar-refractivity contribution in [2.75, 3.05) is 32.6 Å². The van der Waals surface area contributed by atoms with Crippen molar-refractivity contribution in [2.24, 2.45) is 0 Å². The van der Waals surface area contributed by atoms with Gasteiger partial charge in [-0.05, 0) is 36.8 Å². The second-order valence-corrected chi connectivity index (χ2v) is 6.37. The van der Waals surface area contributed by atoms with Crippen molar-refractivity contribution in [3.05, 3.63) is 65.2 Å². The van der Waals surface area contributed by atoms with Gasteiger partial charge in [0.05, 0.1) is 18.7 Å². The monoisotopic (exact) mass is 384 g/mol. The molecule has 0 aromatic heterocycles. The smallest absolute Gasteiger partial charge is 0.338 e. The van der Waals surface area contributed by atoms with Crippen LogP contribution < -0.4 is 5.32 Å². The van der Waals surface area contributed by atoms with Crippen molar-refractivity contribution in [1.82, 2.24) is 4.90 Å². The zero-order valence-electron chi connectivity index (χ0n) is 16.2. The first-order chi connectivity index (χ1) is 13.4. The van der Waals surface area contributed by atoms with Crippen molar-refractivity contribution in [3.63, 3.8) is 0 Å². The lowest BCUT2D eigenvalue weighted by Gasteiger charge is -2.17. The molecular formula is C21H24N2O5. The van der Waals surface area contributed by atoms with Crippen molar-refractivity contribution in [1.29, 1.82) is 0 Å². The Morgan fingerprint density at radius 3 is 2.25 bits per heavy atom. The van der Waals surface area contributed by atoms with E-state index >= 15 is 0 Å². The van der Waals surface area contributed by atoms with Crippen LogP contribution in [0, 0.1) is 6.92 Å². The molecule has 0 fully saturated rings. The Hall–Kier alpha value is -3.19. The van der Waals surface area contributed by atoms with Gasteiger partial charge in [0.15, 0.2) is 6.61 Å². The molecule has 0 radical (unpaired) electrons. The summed E-state index contributed by atoms with van der Waals surface area (Å²) in [7, 11) is 3.07. The number of carbonyl (C=O) groups is 3. The van der Waals surface area contributed by atoms with Crippen molar-refractivity contribution in [3.8, 4) is 0 Å². The van der Waals surface area contributed by atoms with Gasteiger partial charge < -0.3 is 19.7 Å². The summed E-state index contributed by atoms with van der Waals surface area (Å²) >= 11 is 0. The summed E-state index contributed by atoms with van der Waals surface area (Å²) in [5.41, 5.74) is 3.00. The molecule has 2 rings (SSSR count). The minimum atomic E-state index is -0.602. The summed E-state index contributed by atoms with van der Waals surface area (Å²) in [6.45, 7) is 1.82. The predicted octanol–water partition coefficient (Wildman–Crippen LogP) is 2.40. The van der Waals surface area contributed by atoms with Crippen LogP contribution in [0.15, 0.2) is 48.5 Å². The molecule has 0 heterocycles. The van der Waals surface area contributed by atoms with E-state index in [9.17, 15) is 14.4 Å². The number of rotatable bonds is 8. The molecule has 0 saturated heterocycles. The molecule has 1 N–H and O–H groups in total. The number of hydrogen-bond donors (Lipinski definition) is 1. The minimum absolute atomic E-state index is 0.143. The lowest BCUT2D eigenvalue weighted by Crippen LogP contribution is -2.37.